The number of hydrogen-bond acceptors (Lipinski definition) is 4. The molecule has 62 valence electrons. The van der Waals surface area contributed by atoms with Crippen LogP contribution in [0.15, 0.2) is 0 Å². The van der Waals surface area contributed by atoms with Crippen molar-refractivity contribution in [3.63, 3.8) is 0 Å². The third-order valence-corrected chi connectivity index (χ3v) is 2.00. The first-order valence-electron chi connectivity index (χ1n) is 2.88. The first-order valence-corrected chi connectivity index (χ1v) is 4.32. The number of carbonyl (C=O) groups excluding carboxylic acids is 1. The number of aliphatic carboxylic acids is 1. The van der Waals surface area contributed by atoms with Crippen molar-refractivity contribution in [3.8, 4) is 0 Å². The average molecular weight is 179 g/mol. The molecule has 0 spiro atoms. The molecule has 0 bridgehead atoms. The predicted octanol–water partition coefficient (Wildman–Crippen LogP) is 0.155. The van der Waals surface area contributed by atoms with E-state index in [1.807, 2.05) is 0 Å². The van der Waals surface area contributed by atoms with Crippen molar-refractivity contribution >= 4 is 19.3 Å². The summed E-state index contributed by atoms with van der Waals surface area (Å²) in [6, 6.07) is 0. The van der Waals surface area contributed by atoms with Gasteiger partial charge in [-0.2, -0.15) is 0 Å². The number of carbonyl (C=O) groups is 2. The largest absolute Gasteiger partial charge is 0.481 e. The number of hydrogen-bond donors (Lipinski definition) is 2. The minimum Gasteiger partial charge on any atom is -0.481 e. The van der Waals surface area contributed by atoms with Gasteiger partial charge in [0, 0.05) is 0 Å². The zero-order valence-corrected chi connectivity index (χ0v) is 6.58. The molecule has 1 unspecified atom stereocenters. The van der Waals surface area contributed by atoms with Crippen LogP contribution < -0.4 is 0 Å². The fourth-order valence-electron chi connectivity index (χ4n) is 0.417. The Morgan fingerprint density at radius 3 is 2.18 bits per heavy atom. The number of aliphatic hydroxyl groups is 1. The topological polar surface area (TPSA) is 91.7 Å². The summed E-state index contributed by atoms with van der Waals surface area (Å²) in [4.78, 5) is 20.5. The van der Waals surface area contributed by atoms with Gasteiger partial charge in [-0.05, 0) is 0 Å². The van der Waals surface area contributed by atoms with Gasteiger partial charge in [0.1, 0.15) is 0 Å². The Balaban J connectivity index is 3.70. The summed E-state index contributed by atoms with van der Waals surface area (Å²) >= 11 is 0. The maximum atomic E-state index is 10.6. The fourth-order valence-corrected chi connectivity index (χ4v) is 0.936. The molecule has 0 aliphatic rings. The van der Waals surface area contributed by atoms with Crippen LogP contribution in [0.3, 0.4) is 0 Å². The Hall–Kier alpha value is -0.800. The van der Waals surface area contributed by atoms with Gasteiger partial charge in [-0.3, -0.25) is 4.79 Å². The van der Waals surface area contributed by atoms with E-state index in [2.05, 4.69) is 0 Å². The highest BCUT2D eigenvalue weighted by molar-refractivity contribution is 7.63. The summed E-state index contributed by atoms with van der Waals surface area (Å²) in [6.45, 7) is 0. The van der Waals surface area contributed by atoms with Crippen LogP contribution in [0, 0.1) is 0 Å². The molecule has 6 heteroatoms. The minimum absolute atomic E-state index is 0.273. The second-order valence-corrected chi connectivity index (χ2v) is 3.35. The molecule has 11 heavy (non-hydrogen) atoms. The molecular formula is C5H8O5P+. The summed E-state index contributed by atoms with van der Waals surface area (Å²) in [7, 11) is -2.27. The number of aliphatic hydroxyl groups excluding tert-OH is 1. The van der Waals surface area contributed by atoms with Crippen LogP contribution in [0.25, 0.3) is 0 Å². The summed E-state index contributed by atoms with van der Waals surface area (Å²) in [6.07, 6.45) is -1.31. The molecule has 0 fully saturated rings. The van der Waals surface area contributed by atoms with E-state index in [9.17, 15) is 14.2 Å². The lowest BCUT2D eigenvalue weighted by Gasteiger charge is -1.84. The minimum atomic E-state index is -2.27. The second kappa shape index (κ2) is 4.93. The van der Waals surface area contributed by atoms with Gasteiger partial charge in [-0.15, -0.1) is 0 Å². The van der Waals surface area contributed by atoms with E-state index in [1.54, 1.807) is 0 Å². The van der Waals surface area contributed by atoms with Gasteiger partial charge < -0.3 is 10.2 Å². The third kappa shape index (κ3) is 4.58. The van der Waals surface area contributed by atoms with E-state index >= 15 is 0 Å². The molecule has 0 heterocycles. The lowest BCUT2D eigenvalue weighted by molar-refractivity contribution is -0.138. The van der Waals surface area contributed by atoms with E-state index in [0.29, 0.717) is 0 Å². The monoisotopic (exact) mass is 179 g/mol. The van der Waals surface area contributed by atoms with Gasteiger partial charge in [-0.1, -0.05) is 4.57 Å². The fraction of sp³-hybridized carbons (Fsp3) is 0.600. The molecule has 0 aromatic carbocycles. The van der Waals surface area contributed by atoms with Gasteiger partial charge >= 0.3 is 19.3 Å². The van der Waals surface area contributed by atoms with Crippen molar-refractivity contribution in [3.05, 3.63) is 0 Å². The molecule has 0 saturated heterocycles. The molecule has 0 aliphatic carbocycles. The zero-order valence-electron chi connectivity index (χ0n) is 5.69. The maximum absolute atomic E-state index is 10.6. The summed E-state index contributed by atoms with van der Waals surface area (Å²) in [5.74, 6) is -1.11. The van der Waals surface area contributed by atoms with Crippen molar-refractivity contribution in [2.75, 3.05) is 6.35 Å². The van der Waals surface area contributed by atoms with E-state index in [1.165, 1.54) is 0 Å². The first-order chi connectivity index (χ1) is 5.07. The van der Waals surface area contributed by atoms with E-state index in [4.69, 9.17) is 10.2 Å². The molecule has 0 aromatic rings. The normalized spacial score (nSPS) is 10.8. The average Bonchev–Trinajstić information content (AvgIpc) is 1.98. The van der Waals surface area contributed by atoms with Crippen LogP contribution in [0.1, 0.15) is 12.8 Å². The molecule has 0 amide bonds. The van der Waals surface area contributed by atoms with Gasteiger partial charge in [0.15, 0.2) is 0 Å². The third-order valence-electron chi connectivity index (χ3n) is 0.959. The highest BCUT2D eigenvalue weighted by Crippen LogP contribution is 2.21. The molecular weight excluding hydrogens is 171 g/mol. The molecule has 0 saturated carbocycles. The van der Waals surface area contributed by atoms with Gasteiger partial charge in [0.2, 0.25) is 0 Å². The van der Waals surface area contributed by atoms with Gasteiger partial charge in [0.25, 0.3) is 6.35 Å². The van der Waals surface area contributed by atoms with Gasteiger partial charge in [0.05, 0.1) is 12.8 Å². The Labute approximate surface area is 63.8 Å². The highest BCUT2D eigenvalue weighted by atomic mass is 31.1. The van der Waals surface area contributed by atoms with Crippen LogP contribution in [-0.2, 0) is 14.2 Å². The standard InChI is InChI=1S/C5H7O5P/c6-3-11(10)5(9)2-1-4(7)8/h6H,1-3H2/p+1. The van der Waals surface area contributed by atoms with E-state index in [0.717, 1.165) is 0 Å². The zero-order chi connectivity index (χ0) is 8.85. The Kier molecular flexibility index (Phi) is 4.57. The summed E-state index contributed by atoms with van der Waals surface area (Å²) in [5.41, 5.74) is -0.690. The summed E-state index contributed by atoms with van der Waals surface area (Å²) in [5, 5.41) is 16.3. The van der Waals surface area contributed by atoms with Crippen molar-refractivity contribution in [1.82, 2.24) is 0 Å². The molecule has 2 N–H and O–H groups in total. The highest BCUT2D eigenvalue weighted by Gasteiger charge is 2.26. The smallest absolute Gasteiger partial charge is 0.442 e. The van der Waals surface area contributed by atoms with Crippen molar-refractivity contribution in [2.24, 2.45) is 0 Å². The van der Waals surface area contributed by atoms with Crippen LogP contribution in [0.2, 0.25) is 0 Å². The molecule has 0 radical (unpaired) electrons. The van der Waals surface area contributed by atoms with Crippen LogP contribution in [0.5, 0.6) is 0 Å². The van der Waals surface area contributed by atoms with Crippen LogP contribution in [-0.4, -0.2) is 28.1 Å². The number of rotatable bonds is 5. The van der Waals surface area contributed by atoms with Crippen LogP contribution >= 0.6 is 7.80 Å². The Morgan fingerprint density at radius 1 is 1.27 bits per heavy atom. The molecule has 5 nitrogen and oxygen atoms in total. The Bertz CT molecular complexity index is 187. The van der Waals surface area contributed by atoms with E-state index in [-0.39, 0.29) is 12.8 Å². The Morgan fingerprint density at radius 2 is 1.82 bits per heavy atom. The van der Waals surface area contributed by atoms with Crippen LogP contribution in [0.4, 0.5) is 0 Å². The molecule has 0 rings (SSSR count). The quantitative estimate of drug-likeness (QED) is 0.586. The first kappa shape index (κ1) is 10.2. The number of carboxylic acid groups (broad SMARTS) is 1. The van der Waals surface area contributed by atoms with Crippen molar-refractivity contribution in [2.45, 2.75) is 12.8 Å². The summed E-state index contributed by atoms with van der Waals surface area (Å²) < 4.78 is 10.5. The molecule has 0 aromatic heterocycles. The lowest BCUT2D eigenvalue weighted by Crippen LogP contribution is -2.00. The predicted molar refractivity (Wildman–Crippen MR) is 36.6 cm³/mol. The lowest BCUT2D eigenvalue weighted by atomic mass is 10.3. The number of carboxylic acids is 1. The molecule has 1 atom stereocenters. The van der Waals surface area contributed by atoms with Crippen molar-refractivity contribution < 1.29 is 24.4 Å². The van der Waals surface area contributed by atoms with E-state index < -0.39 is 25.6 Å². The SMILES string of the molecule is O=C(O)CCC(=O)[P+](=O)CO. The van der Waals surface area contributed by atoms with Crippen molar-refractivity contribution in [1.29, 1.82) is 0 Å². The molecule has 0 aliphatic heterocycles. The second-order valence-electron chi connectivity index (χ2n) is 1.81. The maximum Gasteiger partial charge on any atom is 0.442 e. The van der Waals surface area contributed by atoms with Gasteiger partial charge in [-0.25, -0.2) is 4.79 Å².